The van der Waals surface area contributed by atoms with Crippen LogP contribution in [0.25, 0.3) is 0 Å². The van der Waals surface area contributed by atoms with E-state index in [0.717, 1.165) is 13.0 Å². The first-order valence-electron chi connectivity index (χ1n) is 13.7. The van der Waals surface area contributed by atoms with Crippen molar-refractivity contribution in [2.45, 2.75) is 96.8 Å². The Morgan fingerprint density at radius 1 is 0.571 bits per heavy atom. The molecule has 0 aliphatic heterocycles. The maximum atomic E-state index is 10.3. The van der Waals surface area contributed by atoms with Crippen LogP contribution in [0.5, 0.6) is 0 Å². The van der Waals surface area contributed by atoms with Crippen LogP contribution in [-0.4, -0.2) is 64.4 Å². The van der Waals surface area contributed by atoms with Gasteiger partial charge >= 0.3 is 0 Å². The Labute approximate surface area is 214 Å². The van der Waals surface area contributed by atoms with Gasteiger partial charge in [0.15, 0.2) is 0 Å². The molecule has 9 heteroatoms. The molecule has 210 valence electrons. The van der Waals surface area contributed by atoms with Crippen molar-refractivity contribution in [3.05, 3.63) is 12.2 Å². The lowest BCUT2D eigenvalue weighted by Gasteiger charge is -2.15. The third-order valence-corrected chi connectivity index (χ3v) is 5.91. The fourth-order valence-corrected chi connectivity index (χ4v) is 3.73. The average Bonchev–Trinajstić information content (AvgIpc) is 2.82. The number of hydrogen-bond donors (Lipinski definition) is 1. The second kappa shape index (κ2) is 28.3. The van der Waals surface area contributed by atoms with Gasteiger partial charge in [-0.15, -0.1) is 0 Å². The predicted molar refractivity (Wildman–Crippen MR) is 139 cm³/mol. The second-order valence-corrected chi connectivity index (χ2v) is 9.88. The van der Waals surface area contributed by atoms with Gasteiger partial charge in [-0.05, 0) is 32.1 Å². The molecule has 0 aromatic carbocycles. The fraction of sp³-hybridized carbons (Fsp3) is 0.923. The Morgan fingerprint density at radius 2 is 0.943 bits per heavy atom. The number of allylic oxidation sites excluding steroid dienone is 2. The third kappa shape index (κ3) is 33.7. The molecule has 0 bridgehead atoms. The highest BCUT2D eigenvalue weighted by Crippen LogP contribution is 2.29. The number of ether oxygens (including phenoxy) is 4. The summed E-state index contributed by atoms with van der Waals surface area (Å²) in [6.45, 7) is 5.72. The van der Waals surface area contributed by atoms with E-state index in [9.17, 15) is 9.46 Å². The molecular weight excluding hydrogens is 471 g/mol. The quantitative estimate of drug-likeness (QED) is 0.0771. The molecule has 0 radical (unpaired) electrons. The first-order valence-corrected chi connectivity index (χ1v) is 15.2. The molecule has 0 aromatic heterocycles. The van der Waals surface area contributed by atoms with Crippen LogP contribution in [0.15, 0.2) is 12.2 Å². The molecule has 0 amide bonds. The summed E-state index contributed by atoms with van der Waals surface area (Å²) < 4.78 is 35.9. The van der Waals surface area contributed by atoms with E-state index in [1.165, 1.54) is 83.5 Å². The van der Waals surface area contributed by atoms with Crippen molar-refractivity contribution in [1.29, 1.82) is 0 Å². The summed E-state index contributed by atoms with van der Waals surface area (Å²) in [5, 5.41) is 0. The van der Waals surface area contributed by atoms with Crippen LogP contribution in [0.1, 0.15) is 96.8 Å². The van der Waals surface area contributed by atoms with E-state index in [-0.39, 0.29) is 13.2 Å². The lowest BCUT2D eigenvalue weighted by atomic mass is 10.1. The highest BCUT2D eigenvalue weighted by Gasteiger charge is 2.00. The molecule has 35 heavy (non-hydrogen) atoms. The molecule has 1 N–H and O–H groups in total. The van der Waals surface area contributed by atoms with Gasteiger partial charge in [0.1, 0.15) is 0 Å². The maximum absolute atomic E-state index is 10.3. The van der Waals surface area contributed by atoms with Crippen LogP contribution in [-0.2, 0) is 28.0 Å². The highest BCUT2D eigenvalue weighted by atomic mass is 31.2. The van der Waals surface area contributed by atoms with E-state index in [1.807, 2.05) is 0 Å². The van der Waals surface area contributed by atoms with Gasteiger partial charge < -0.3 is 33.3 Å². The Hall–Kier alpha value is -0.310. The summed E-state index contributed by atoms with van der Waals surface area (Å²) in [5.41, 5.74) is 0. The van der Waals surface area contributed by atoms with Gasteiger partial charge in [-0.3, -0.25) is 4.57 Å². The Bertz CT molecular complexity index is 484. The normalized spacial score (nSPS) is 13.6. The number of phosphoric ester groups is 1. The molecule has 0 aliphatic rings. The van der Waals surface area contributed by atoms with Gasteiger partial charge in [-0.2, -0.15) is 0 Å². The van der Waals surface area contributed by atoms with Crippen LogP contribution >= 0.6 is 7.82 Å². The first kappa shape index (κ1) is 34.7. The average molecular weight is 524 g/mol. The number of rotatable bonds is 29. The fourth-order valence-electron chi connectivity index (χ4n) is 3.42. The minimum Gasteiger partial charge on any atom is -0.756 e. The minimum absolute atomic E-state index is 0.0704. The molecule has 1 unspecified atom stereocenters. The predicted octanol–water partition coefficient (Wildman–Crippen LogP) is 5.57. The van der Waals surface area contributed by atoms with E-state index in [1.54, 1.807) is 0 Å². The molecule has 8 nitrogen and oxygen atoms in total. The summed E-state index contributed by atoms with van der Waals surface area (Å²) in [5.74, 6) is 0. The zero-order chi connectivity index (χ0) is 25.7. The Kier molecular flexibility index (Phi) is 28.0. The van der Waals surface area contributed by atoms with E-state index in [4.69, 9.17) is 23.8 Å². The van der Waals surface area contributed by atoms with Crippen molar-refractivity contribution >= 4 is 7.82 Å². The molecule has 0 aromatic rings. The zero-order valence-electron chi connectivity index (χ0n) is 22.2. The first-order chi connectivity index (χ1) is 17.1. The number of hydrogen-bond acceptors (Lipinski definition) is 7. The van der Waals surface area contributed by atoms with Crippen molar-refractivity contribution in [2.24, 2.45) is 0 Å². The summed E-state index contributed by atoms with van der Waals surface area (Å²) in [4.78, 5) is 18.7. The molecule has 0 saturated heterocycles. The van der Waals surface area contributed by atoms with Crippen LogP contribution in [0.4, 0.5) is 0 Å². The van der Waals surface area contributed by atoms with Gasteiger partial charge in [0.25, 0.3) is 7.82 Å². The molecule has 0 aliphatic carbocycles. The molecule has 0 saturated carbocycles. The number of unbranched alkanes of at least 4 members (excludes halogenated alkanes) is 12. The third-order valence-electron chi connectivity index (χ3n) is 5.40. The van der Waals surface area contributed by atoms with E-state index < -0.39 is 7.82 Å². The van der Waals surface area contributed by atoms with Gasteiger partial charge in [0, 0.05) is 6.61 Å². The van der Waals surface area contributed by atoms with Crippen molar-refractivity contribution in [1.82, 2.24) is 0 Å². The van der Waals surface area contributed by atoms with Crippen LogP contribution in [0.2, 0.25) is 0 Å². The van der Waals surface area contributed by atoms with Gasteiger partial charge in [0.2, 0.25) is 0 Å². The lowest BCUT2D eigenvalue weighted by Crippen LogP contribution is -2.14. The molecular formula is C26H52O8P-. The lowest BCUT2D eigenvalue weighted by molar-refractivity contribution is -0.220. The molecule has 0 fully saturated rings. The Balaban J connectivity index is 3.09. The van der Waals surface area contributed by atoms with Gasteiger partial charge in [0.05, 0.1) is 52.9 Å². The molecule has 0 spiro atoms. The van der Waals surface area contributed by atoms with E-state index in [2.05, 4.69) is 23.6 Å². The second-order valence-electron chi connectivity index (χ2n) is 8.69. The largest absolute Gasteiger partial charge is 0.756 e. The summed E-state index contributed by atoms with van der Waals surface area (Å²) in [6, 6.07) is 0. The zero-order valence-corrected chi connectivity index (χ0v) is 23.1. The molecule has 0 rings (SSSR count). The van der Waals surface area contributed by atoms with Gasteiger partial charge in [-0.25, -0.2) is 0 Å². The number of phosphoric acid groups is 1. The van der Waals surface area contributed by atoms with Crippen LogP contribution < -0.4 is 4.89 Å². The monoisotopic (exact) mass is 523 g/mol. The SMILES string of the molecule is CCCCCCCC/C=C/CCCCCCCCOCCOCCOCCOCCOP(=O)([O-])O. The van der Waals surface area contributed by atoms with Gasteiger partial charge in [-0.1, -0.05) is 76.9 Å². The van der Waals surface area contributed by atoms with Crippen LogP contribution in [0, 0.1) is 0 Å². The smallest absolute Gasteiger partial charge is 0.265 e. The Morgan fingerprint density at radius 3 is 1.40 bits per heavy atom. The van der Waals surface area contributed by atoms with Crippen LogP contribution in [0.3, 0.4) is 0 Å². The van der Waals surface area contributed by atoms with E-state index in [0.29, 0.717) is 39.6 Å². The van der Waals surface area contributed by atoms with Crippen molar-refractivity contribution in [3.8, 4) is 0 Å². The van der Waals surface area contributed by atoms with Crippen molar-refractivity contribution in [2.75, 3.05) is 59.5 Å². The summed E-state index contributed by atoms with van der Waals surface area (Å²) in [7, 11) is -4.66. The molecule has 0 heterocycles. The minimum atomic E-state index is -4.66. The molecule has 1 atom stereocenters. The summed E-state index contributed by atoms with van der Waals surface area (Å²) >= 11 is 0. The van der Waals surface area contributed by atoms with Crippen molar-refractivity contribution < 1.29 is 37.8 Å². The standard InChI is InChI=1S/C26H53O8P/c1-2-3-4-5-6-7-8-9-10-11-12-13-14-15-16-17-18-30-19-20-31-21-22-32-23-24-33-25-26-34-35(27,28)29/h9-10H,2-8,11-26H2,1H3,(H2,27,28,29)/p-1/b10-9+. The topological polar surface area (TPSA) is 107 Å². The van der Waals surface area contributed by atoms with E-state index >= 15 is 0 Å². The van der Waals surface area contributed by atoms with Crippen molar-refractivity contribution in [3.63, 3.8) is 0 Å². The maximum Gasteiger partial charge on any atom is 0.265 e. The summed E-state index contributed by atoms with van der Waals surface area (Å²) in [6.07, 6.45) is 23.1. The highest BCUT2D eigenvalue weighted by molar-refractivity contribution is 7.44.